The molecule has 23 heavy (non-hydrogen) atoms. The first-order valence-electron chi connectivity index (χ1n) is 10.4. The topological polar surface area (TPSA) is 38.0 Å². The molecule has 0 spiro atoms. The summed E-state index contributed by atoms with van der Waals surface area (Å²) in [6.45, 7) is 11.6. The van der Waals surface area contributed by atoms with Crippen LogP contribution in [0.5, 0.6) is 0 Å². The number of rotatable bonds is 3. The molecule has 0 aromatic rings. The van der Waals surface area contributed by atoms with E-state index in [4.69, 9.17) is 5.73 Å². The summed E-state index contributed by atoms with van der Waals surface area (Å²) in [4.78, 5) is 0. The van der Waals surface area contributed by atoms with Crippen LogP contribution in [-0.4, -0.2) is 19.1 Å². The van der Waals surface area contributed by atoms with Gasteiger partial charge in [-0.25, -0.2) is 0 Å². The van der Waals surface area contributed by atoms with Crippen molar-refractivity contribution in [1.82, 2.24) is 5.32 Å². The highest BCUT2D eigenvalue weighted by Crippen LogP contribution is 2.62. The van der Waals surface area contributed by atoms with Gasteiger partial charge in [0.15, 0.2) is 0 Å². The third kappa shape index (κ3) is 4.95. The Kier molecular flexibility index (Phi) is 7.41. The van der Waals surface area contributed by atoms with Crippen LogP contribution in [-0.2, 0) is 0 Å². The van der Waals surface area contributed by atoms with Crippen LogP contribution in [0.3, 0.4) is 0 Å². The van der Waals surface area contributed by atoms with E-state index in [9.17, 15) is 0 Å². The fourth-order valence-corrected chi connectivity index (χ4v) is 5.36. The molecule has 0 radical (unpaired) electrons. The van der Waals surface area contributed by atoms with Crippen LogP contribution in [0.15, 0.2) is 0 Å². The van der Waals surface area contributed by atoms with E-state index in [-0.39, 0.29) is 0 Å². The van der Waals surface area contributed by atoms with E-state index in [1.165, 1.54) is 57.8 Å². The van der Waals surface area contributed by atoms with E-state index in [1.807, 2.05) is 0 Å². The Morgan fingerprint density at radius 2 is 1.57 bits per heavy atom. The summed E-state index contributed by atoms with van der Waals surface area (Å²) >= 11 is 0. The van der Waals surface area contributed by atoms with E-state index >= 15 is 0 Å². The Labute approximate surface area is 145 Å². The molecule has 0 saturated heterocycles. The standard InChI is InChI=1S/C11H20.C10H22N2/c1-7-5-9-6-10(8(7)2)11(9,3)4;11-8-9-12-10-6-4-2-1-3-5-7-10/h7-10H,5-6H2,1-4H3;10,12H,1-9,11H2/t7-,8+,9-,10-;/m0./s1. The number of hydrogen-bond donors (Lipinski definition) is 2. The van der Waals surface area contributed by atoms with Crippen molar-refractivity contribution in [3.63, 3.8) is 0 Å². The zero-order chi connectivity index (χ0) is 16.9. The molecule has 4 fully saturated rings. The normalized spacial score (nSPS) is 36.9. The Bertz CT molecular complexity index is 328. The maximum Gasteiger partial charge on any atom is 0.00770 e. The quantitative estimate of drug-likeness (QED) is 0.769. The third-order valence-electron chi connectivity index (χ3n) is 7.42. The first kappa shape index (κ1) is 19.2. The largest absolute Gasteiger partial charge is 0.329 e. The summed E-state index contributed by atoms with van der Waals surface area (Å²) in [5, 5.41) is 3.51. The predicted molar refractivity (Wildman–Crippen MR) is 101 cm³/mol. The number of nitrogens with two attached hydrogens (primary N) is 1. The van der Waals surface area contributed by atoms with Crippen LogP contribution < -0.4 is 11.1 Å². The van der Waals surface area contributed by atoms with Gasteiger partial charge in [0.1, 0.15) is 0 Å². The van der Waals surface area contributed by atoms with Gasteiger partial charge in [0.2, 0.25) is 0 Å². The van der Waals surface area contributed by atoms with Crippen LogP contribution in [0, 0.1) is 29.1 Å². The molecule has 2 nitrogen and oxygen atoms in total. The van der Waals surface area contributed by atoms with E-state index in [1.54, 1.807) is 0 Å². The van der Waals surface area contributed by atoms with E-state index in [0.29, 0.717) is 5.41 Å². The van der Waals surface area contributed by atoms with Crippen molar-refractivity contribution in [2.24, 2.45) is 34.8 Å². The molecule has 4 atom stereocenters. The van der Waals surface area contributed by atoms with Gasteiger partial charge in [-0.05, 0) is 54.8 Å². The number of nitrogens with one attached hydrogen (secondary N) is 1. The highest BCUT2D eigenvalue weighted by Gasteiger charge is 2.54. The Morgan fingerprint density at radius 1 is 0.957 bits per heavy atom. The lowest BCUT2D eigenvalue weighted by atomic mass is 9.44. The number of hydrogen-bond acceptors (Lipinski definition) is 2. The Hall–Kier alpha value is -0.0800. The van der Waals surface area contributed by atoms with Gasteiger partial charge in [-0.15, -0.1) is 0 Å². The first-order valence-corrected chi connectivity index (χ1v) is 10.4. The molecular formula is C21H42N2. The summed E-state index contributed by atoms with van der Waals surface area (Å²) in [5.74, 6) is 4.07. The summed E-state index contributed by atoms with van der Waals surface area (Å²) in [6, 6.07) is 0.758. The fraction of sp³-hybridized carbons (Fsp3) is 1.00. The third-order valence-corrected chi connectivity index (χ3v) is 7.42. The lowest BCUT2D eigenvalue weighted by Crippen LogP contribution is -2.54. The molecule has 4 rings (SSSR count). The zero-order valence-electron chi connectivity index (χ0n) is 16.2. The summed E-state index contributed by atoms with van der Waals surface area (Å²) < 4.78 is 0. The average molecular weight is 323 g/mol. The molecule has 4 saturated carbocycles. The maximum absolute atomic E-state index is 5.45. The molecule has 2 bridgehead atoms. The van der Waals surface area contributed by atoms with Crippen molar-refractivity contribution in [3.05, 3.63) is 0 Å². The van der Waals surface area contributed by atoms with Gasteiger partial charge < -0.3 is 11.1 Å². The van der Waals surface area contributed by atoms with Gasteiger partial charge in [-0.3, -0.25) is 0 Å². The molecule has 136 valence electrons. The summed E-state index contributed by atoms with van der Waals surface area (Å²) in [6.07, 6.45) is 12.9. The maximum atomic E-state index is 5.45. The van der Waals surface area contributed by atoms with E-state index in [2.05, 4.69) is 33.0 Å². The summed E-state index contributed by atoms with van der Waals surface area (Å²) in [7, 11) is 0. The van der Waals surface area contributed by atoms with E-state index < -0.39 is 0 Å². The van der Waals surface area contributed by atoms with Gasteiger partial charge >= 0.3 is 0 Å². The van der Waals surface area contributed by atoms with Gasteiger partial charge in [0.25, 0.3) is 0 Å². The zero-order valence-corrected chi connectivity index (χ0v) is 16.2. The first-order chi connectivity index (χ1) is 11.0. The molecule has 0 aliphatic heterocycles. The molecule has 3 N–H and O–H groups in total. The molecule has 0 amide bonds. The van der Waals surface area contributed by atoms with Crippen molar-refractivity contribution >= 4 is 0 Å². The van der Waals surface area contributed by atoms with Crippen LogP contribution in [0.2, 0.25) is 0 Å². The lowest BCUT2D eigenvalue weighted by Gasteiger charge is -2.61. The smallest absolute Gasteiger partial charge is 0.00770 e. The van der Waals surface area contributed by atoms with Crippen molar-refractivity contribution < 1.29 is 0 Å². The fourth-order valence-electron chi connectivity index (χ4n) is 5.36. The minimum atomic E-state index is 0.686. The minimum Gasteiger partial charge on any atom is -0.329 e. The molecule has 2 heteroatoms. The summed E-state index contributed by atoms with van der Waals surface area (Å²) in [5.41, 5.74) is 6.14. The van der Waals surface area contributed by atoms with Crippen LogP contribution in [0.25, 0.3) is 0 Å². The monoisotopic (exact) mass is 322 g/mol. The molecule has 0 aromatic carbocycles. The Balaban J connectivity index is 0.000000167. The van der Waals surface area contributed by atoms with Crippen molar-refractivity contribution in [3.8, 4) is 0 Å². The highest BCUT2D eigenvalue weighted by molar-refractivity contribution is 5.03. The second-order valence-corrected chi connectivity index (χ2v) is 9.22. The lowest BCUT2D eigenvalue weighted by molar-refractivity contribution is -0.124. The van der Waals surface area contributed by atoms with Gasteiger partial charge in [0, 0.05) is 19.1 Å². The minimum absolute atomic E-state index is 0.686. The van der Waals surface area contributed by atoms with Crippen LogP contribution in [0.4, 0.5) is 0 Å². The molecular weight excluding hydrogens is 280 g/mol. The van der Waals surface area contributed by atoms with Gasteiger partial charge in [0.05, 0.1) is 0 Å². The average Bonchev–Trinajstić information content (AvgIpc) is 2.49. The highest BCUT2D eigenvalue weighted by atomic mass is 14.9. The Morgan fingerprint density at radius 3 is 2.04 bits per heavy atom. The molecule has 0 aromatic heterocycles. The van der Waals surface area contributed by atoms with Crippen LogP contribution in [0.1, 0.15) is 85.5 Å². The second kappa shape index (κ2) is 8.85. The molecule has 0 unspecified atom stereocenters. The van der Waals surface area contributed by atoms with Crippen molar-refractivity contribution in [2.75, 3.05) is 13.1 Å². The van der Waals surface area contributed by atoms with Gasteiger partial charge in [-0.1, -0.05) is 59.8 Å². The second-order valence-electron chi connectivity index (χ2n) is 9.22. The predicted octanol–water partition coefficient (Wildman–Crippen LogP) is 4.97. The number of fused-ring (bicyclic) bond motifs is 2. The van der Waals surface area contributed by atoms with Crippen LogP contribution >= 0.6 is 0 Å². The van der Waals surface area contributed by atoms with Crippen molar-refractivity contribution in [1.29, 1.82) is 0 Å². The van der Waals surface area contributed by atoms with Crippen molar-refractivity contribution in [2.45, 2.75) is 91.5 Å². The van der Waals surface area contributed by atoms with E-state index in [0.717, 1.165) is 42.8 Å². The molecule has 4 aliphatic rings. The molecule has 4 aliphatic carbocycles. The van der Waals surface area contributed by atoms with Gasteiger partial charge in [-0.2, -0.15) is 0 Å². The molecule has 0 heterocycles. The SMILES string of the molecule is C[C@@H]1[C@@H](C)C[C@H]2C[C@@H]1C2(C)C.NCCNC1CCCCCCC1.